The fourth-order valence-electron chi connectivity index (χ4n) is 7.74. The monoisotopic (exact) mass is 646 g/mol. The molecule has 1 aromatic heterocycles. The van der Waals surface area contributed by atoms with E-state index in [1.165, 1.54) is 34.0 Å². The second-order valence-electron chi connectivity index (χ2n) is 13.5. The number of benzene rings is 3. The maximum absolute atomic E-state index is 12.6. The van der Waals surface area contributed by atoms with Crippen LogP contribution in [0, 0.1) is 12.8 Å². The zero-order valence-electron chi connectivity index (χ0n) is 28.6. The Morgan fingerprint density at radius 3 is 2.52 bits per heavy atom. The molecule has 2 fully saturated rings. The molecule has 7 rings (SSSR count). The van der Waals surface area contributed by atoms with Gasteiger partial charge < -0.3 is 19.7 Å². The van der Waals surface area contributed by atoms with Gasteiger partial charge in [0.15, 0.2) is 0 Å². The molecule has 1 saturated carbocycles. The molecule has 8 nitrogen and oxygen atoms in total. The van der Waals surface area contributed by atoms with E-state index in [1.807, 2.05) is 6.92 Å². The minimum Gasteiger partial charge on any atom is -0.480 e. The topological polar surface area (TPSA) is 85.7 Å². The molecular formula is C40H46N4O4. The predicted octanol–water partition coefficient (Wildman–Crippen LogP) is 7.81. The van der Waals surface area contributed by atoms with Crippen molar-refractivity contribution in [3.8, 4) is 22.7 Å². The molecule has 250 valence electrons. The molecule has 3 aliphatic rings. The molecule has 1 amide bonds. The molecule has 2 aliphatic carbocycles. The Balaban J connectivity index is 1.14. The highest BCUT2D eigenvalue weighted by Crippen LogP contribution is 2.42. The van der Waals surface area contributed by atoms with E-state index in [0.717, 1.165) is 80.5 Å². The van der Waals surface area contributed by atoms with Crippen molar-refractivity contribution in [3.05, 3.63) is 94.2 Å². The molecule has 0 radical (unpaired) electrons. The van der Waals surface area contributed by atoms with Gasteiger partial charge in [0.2, 0.25) is 11.8 Å². The highest BCUT2D eigenvalue weighted by molar-refractivity contribution is 5.92. The summed E-state index contributed by atoms with van der Waals surface area (Å²) >= 11 is 0. The molecule has 1 N–H and O–H groups in total. The van der Waals surface area contributed by atoms with Gasteiger partial charge in [-0.25, -0.2) is 9.48 Å². The first-order valence-corrected chi connectivity index (χ1v) is 17.6. The van der Waals surface area contributed by atoms with E-state index in [-0.39, 0.29) is 12.6 Å². The third-order valence-corrected chi connectivity index (χ3v) is 10.4. The maximum Gasteiger partial charge on any atom is 0.345 e. The van der Waals surface area contributed by atoms with Crippen LogP contribution < -0.4 is 10.1 Å². The Hall–Kier alpha value is -4.59. The number of anilines is 1. The van der Waals surface area contributed by atoms with E-state index in [1.54, 1.807) is 18.7 Å². The zero-order valence-corrected chi connectivity index (χ0v) is 28.6. The van der Waals surface area contributed by atoms with Crippen LogP contribution in [-0.4, -0.2) is 53.4 Å². The van der Waals surface area contributed by atoms with Crippen LogP contribution in [0.2, 0.25) is 0 Å². The average Bonchev–Trinajstić information content (AvgIpc) is 3.75. The number of carbonyl (C=O) groups excluding carboxylic acids is 2. The van der Waals surface area contributed by atoms with Gasteiger partial charge in [0.1, 0.15) is 5.56 Å². The van der Waals surface area contributed by atoms with Crippen molar-refractivity contribution in [2.24, 2.45) is 5.92 Å². The zero-order chi connectivity index (χ0) is 33.4. The molecule has 1 saturated heterocycles. The lowest BCUT2D eigenvalue weighted by Crippen LogP contribution is -2.38. The molecule has 1 atom stereocenters. The Labute approximate surface area is 283 Å². The van der Waals surface area contributed by atoms with Crippen molar-refractivity contribution >= 4 is 17.6 Å². The highest BCUT2D eigenvalue weighted by atomic mass is 16.5. The van der Waals surface area contributed by atoms with Crippen molar-refractivity contribution in [2.45, 2.75) is 77.7 Å². The summed E-state index contributed by atoms with van der Waals surface area (Å²) in [5, 5.41) is 8.45. The van der Waals surface area contributed by atoms with Gasteiger partial charge >= 0.3 is 5.97 Å². The van der Waals surface area contributed by atoms with Crippen molar-refractivity contribution in [2.75, 3.05) is 32.1 Å². The van der Waals surface area contributed by atoms with Crippen molar-refractivity contribution < 1.29 is 19.1 Å². The minimum absolute atomic E-state index is 0.183. The quantitative estimate of drug-likeness (QED) is 0.177. The molecule has 0 spiro atoms. The summed E-state index contributed by atoms with van der Waals surface area (Å²) < 4.78 is 12.6. The van der Waals surface area contributed by atoms with Gasteiger partial charge in [-0.05, 0) is 122 Å². The average molecular weight is 647 g/mol. The molecular weight excluding hydrogens is 600 g/mol. The van der Waals surface area contributed by atoms with Crippen molar-refractivity contribution in [3.63, 3.8) is 0 Å². The first-order valence-electron chi connectivity index (χ1n) is 17.6. The number of piperidine rings is 1. The summed E-state index contributed by atoms with van der Waals surface area (Å²) in [7, 11) is 1.55. The fourth-order valence-corrected chi connectivity index (χ4v) is 7.74. The number of amides is 1. The summed E-state index contributed by atoms with van der Waals surface area (Å²) in [6.07, 6.45) is 8.79. The number of rotatable bonds is 10. The first-order chi connectivity index (χ1) is 23.4. The number of nitrogens with one attached hydrogen (secondary N) is 1. The van der Waals surface area contributed by atoms with Crippen LogP contribution in [0.4, 0.5) is 5.69 Å². The number of hydrogen-bond acceptors (Lipinski definition) is 6. The lowest BCUT2D eigenvalue weighted by Gasteiger charge is -2.33. The minimum atomic E-state index is -0.450. The van der Waals surface area contributed by atoms with Gasteiger partial charge in [0.05, 0.1) is 31.6 Å². The molecule has 4 aromatic rings. The number of aryl methyl sites for hydroxylation is 3. The summed E-state index contributed by atoms with van der Waals surface area (Å²) in [5.74, 6) is 1.10. The predicted molar refractivity (Wildman–Crippen MR) is 188 cm³/mol. The van der Waals surface area contributed by atoms with Crippen LogP contribution in [-0.2, 0) is 22.4 Å². The molecule has 1 unspecified atom stereocenters. The van der Waals surface area contributed by atoms with E-state index in [2.05, 4.69) is 76.8 Å². The number of aromatic nitrogens is 2. The highest BCUT2D eigenvalue weighted by Gasteiger charge is 2.35. The molecule has 8 heteroatoms. The number of ether oxygens (including phenoxy) is 2. The largest absolute Gasteiger partial charge is 0.480 e. The van der Waals surface area contributed by atoms with E-state index in [9.17, 15) is 9.59 Å². The number of fused-ring (bicyclic) bond motifs is 1. The van der Waals surface area contributed by atoms with E-state index < -0.39 is 5.97 Å². The molecule has 3 aromatic carbocycles. The first kappa shape index (κ1) is 32.0. The fraction of sp³-hybridized carbons (Fsp3) is 0.425. The van der Waals surface area contributed by atoms with Gasteiger partial charge in [-0.15, -0.1) is 0 Å². The van der Waals surface area contributed by atoms with Crippen LogP contribution in [0.25, 0.3) is 16.8 Å². The van der Waals surface area contributed by atoms with Gasteiger partial charge in [-0.2, -0.15) is 5.10 Å². The lowest BCUT2D eigenvalue weighted by molar-refractivity contribution is -0.133. The van der Waals surface area contributed by atoms with Gasteiger partial charge in [0, 0.05) is 24.7 Å². The third-order valence-electron chi connectivity index (χ3n) is 10.4. The van der Waals surface area contributed by atoms with Crippen LogP contribution in [0.5, 0.6) is 5.88 Å². The second-order valence-corrected chi connectivity index (χ2v) is 13.5. The third kappa shape index (κ3) is 6.09. The number of nitrogens with zero attached hydrogens (tertiary/aromatic N) is 3. The Bertz CT molecular complexity index is 1830. The number of carbonyl (C=O) groups is 2. The van der Waals surface area contributed by atoms with Gasteiger partial charge in [-0.1, -0.05) is 43.3 Å². The Kier molecular flexibility index (Phi) is 8.99. The normalized spacial score (nSPS) is 17.7. The van der Waals surface area contributed by atoms with Gasteiger partial charge in [-0.3, -0.25) is 4.79 Å². The Morgan fingerprint density at radius 2 is 1.79 bits per heavy atom. The van der Waals surface area contributed by atoms with E-state index >= 15 is 0 Å². The van der Waals surface area contributed by atoms with E-state index in [4.69, 9.17) is 9.47 Å². The van der Waals surface area contributed by atoms with Crippen LogP contribution in [0.15, 0.2) is 60.8 Å². The Morgan fingerprint density at radius 1 is 0.979 bits per heavy atom. The SMILES string of the molecule is CCOC(=O)c1cnn(-c2cc(-c3cccc4c3C(Nc3ccc(C5CCN(C(=O)C6CC6)CC5)c(CC)c3)CC4)ccc2C)c1OC. The van der Waals surface area contributed by atoms with Crippen LogP contribution >= 0.6 is 0 Å². The molecule has 1 aliphatic heterocycles. The number of hydrogen-bond donors (Lipinski definition) is 1. The summed E-state index contributed by atoms with van der Waals surface area (Å²) in [6, 6.07) is 20.1. The van der Waals surface area contributed by atoms with Crippen molar-refractivity contribution in [1.29, 1.82) is 0 Å². The standard InChI is InChI=1S/C40H46N4O4/c1-5-26-22-31(15-16-32(26)27-18-20-43(21-19-27)38(45)29-12-13-29)42-35-17-14-28-8-7-9-33(37(28)35)30-11-10-25(3)36(23-30)44-39(47-4)34(24-41-44)40(46)48-6-2/h7-11,15-16,22-24,27,29,35,42H,5-6,12-14,17-21H2,1-4H3. The molecule has 2 heterocycles. The van der Waals surface area contributed by atoms with Crippen molar-refractivity contribution in [1.82, 2.24) is 14.7 Å². The van der Waals surface area contributed by atoms with Crippen LogP contribution in [0.1, 0.15) is 96.1 Å². The molecule has 0 bridgehead atoms. The molecule has 48 heavy (non-hydrogen) atoms. The van der Waals surface area contributed by atoms with Gasteiger partial charge in [0.25, 0.3) is 0 Å². The maximum atomic E-state index is 12.6. The smallest absolute Gasteiger partial charge is 0.345 e. The summed E-state index contributed by atoms with van der Waals surface area (Å²) in [5.41, 5.74) is 11.2. The van der Waals surface area contributed by atoms with Crippen LogP contribution in [0.3, 0.4) is 0 Å². The summed E-state index contributed by atoms with van der Waals surface area (Å²) in [4.78, 5) is 27.3. The number of likely N-dealkylation sites (tertiary alicyclic amines) is 1. The number of methoxy groups -OCH3 is 1. The second kappa shape index (κ2) is 13.5. The lowest BCUT2D eigenvalue weighted by atomic mass is 9.85. The van der Waals surface area contributed by atoms with E-state index in [0.29, 0.717) is 29.2 Å². The summed E-state index contributed by atoms with van der Waals surface area (Å²) in [6.45, 7) is 8.11. The number of esters is 1.